The molecule has 0 unspecified atom stereocenters. The summed E-state index contributed by atoms with van der Waals surface area (Å²) in [5, 5.41) is 5.86. The average molecular weight is 419 g/mol. The Bertz CT molecular complexity index is 955. The number of thiocarbonyl (C=S) groups is 1. The number of amides is 1. The van der Waals surface area contributed by atoms with Crippen molar-refractivity contribution in [2.75, 3.05) is 5.32 Å². The number of nitrogens with zero attached hydrogens (tertiary/aromatic N) is 2. The lowest BCUT2D eigenvalue weighted by Gasteiger charge is -2.10. The van der Waals surface area contributed by atoms with Gasteiger partial charge in [-0.25, -0.2) is 4.98 Å². The van der Waals surface area contributed by atoms with Crippen LogP contribution in [0.5, 0.6) is 0 Å². The Morgan fingerprint density at radius 3 is 2.80 bits per heavy atom. The summed E-state index contributed by atoms with van der Waals surface area (Å²) < 4.78 is 6.61. The highest BCUT2D eigenvalue weighted by Gasteiger charge is 2.12. The highest BCUT2D eigenvalue weighted by atomic mass is 79.9. The molecule has 0 atom stereocenters. The topological polar surface area (TPSA) is 80.0 Å². The van der Waals surface area contributed by atoms with Gasteiger partial charge in [0.05, 0.1) is 5.56 Å². The molecule has 0 aliphatic heterocycles. The highest BCUT2D eigenvalue weighted by Crippen LogP contribution is 2.27. The fourth-order valence-electron chi connectivity index (χ4n) is 2.08. The Balaban J connectivity index is 1.81. The van der Waals surface area contributed by atoms with Crippen LogP contribution in [0.3, 0.4) is 0 Å². The zero-order valence-corrected chi connectivity index (χ0v) is 15.9. The Hall–Kier alpha value is -2.32. The van der Waals surface area contributed by atoms with Crippen molar-refractivity contribution < 1.29 is 9.21 Å². The molecule has 25 heavy (non-hydrogen) atoms. The van der Waals surface area contributed by atoms with Crippen LogP contribution in [0.2, 0.25) is 0 Å². The quantitative estimate of drug-likeness (QED) is 0.622. The number of pyridine rings is 1. The van der Waals surface area contributed by atoms with Gasteiger partial charge in [-0.3, -0.25) is 9.78 Å². The van der Waals surface area contributed by atoms with Crippen molar-refractivity contribution in [1.82, 2.24) is 15.3 Å². The number of hydrogen-bond donors (Lipinski definition) is 2. The van der Waals surface area contributed by atoms with E-state index in [2.05, 4.69) is 36.5 Å². The summed E-state index contributed by atoms with van der Waals surface area (Å²) >= 11 is 8.53. The van der Waals surface area contributed by atoms with Gasteiger partial charge < -0.3 is 15.1 Å². The van der Waals surface area contributed by atoms with Crippen LogP contribution in [-0.2, 0) is 4.79 Å². The third kappa shape index (κ3) is 4.21. The normalized spacial score (nSPS) is 10.9. The molecule has 2 heterocycles. The van der Waals surface area contributed by atoms with Crippen LogP contribution in [0, 0.1) is 5.92 Å². The zero-order chi connectivity index (χ0) is 18.0. The van der Waals surface area contributed by atoms with Crippen LogP contribution < -0.4 is 10.6 Å². The maximum Gasteiger partial charge on any atom is 0.228 e. The van der Waals surface area contributed by atoms with Crippen LogP contribution in [0.1, 0.15) is 13.8 Å². The van der Waals surface area contributed by atoms with Crippen molar-refractivity contribution in [2.24, 2.45) is 5.92 Å². The lowest BCUT2D eigenvalue weighted by molar-refractivity contribution is -0.122. The molecule has 1 amide bonds. The molecule has 0 radical (unpaired) electrons. The van der Waals surface area contributed by atoms with Crippen molar-refractivity contribution in [3.63, 3.8) is 0 Å². The summed E-state index contributed by atoms with van der Waals surface area (Å²) in [6, 6.07) is 7.30. The first-order chi connectivity index (χ1) is 11.9. The number of fused-ring (bicyclic) bond motifs is 1. The smallest absolute Gasteiger partial charge is 0.228 e. The van der Waals surface area contributed by atoms with Crippen LogP contribution in [0.15, 0.2) is 45.5 Å². The second kappa shape index (κ2) is 7.28. The third-order valence-corrected chi connectivity index (χ3v) is 4.00. The number of rotatable bonds is 3. The monoisotopic (exact) mass is 418 g/mol. The molecule has 8 heteroatoms. The molecule has 0 saturated heterocycles. The molecule has 0 aliphatic rings. The fraction of sp³-hybridized carbons (Fsp3) is 0.176. The SMILES string of the molecule is CC(C)C(=O)NC(=S)Nc1ccc2oc(-c3cncc(Br)c3)nc2c1. The predicted molar refractivity (Wildman–Crippen MR) is 104 cm³/mol. The highest BCUT2D eigenvalue weighted by molar-refractivity contribution is 9.10. The van der Waals surface area contributed by atoms with Gasteiger partial charge in [0.1, 0.15) is 5.52 Å². The van der Waals surface area contributed by atoms with E-state index in [9.17, 15) is 4.79 Å². The van der Waals surface area contributed by atoms with Crippen LogP contribution in [-0.4, -0.2) is 21.0 Å². The standard InChI is InChI=1S/C17H15BrN4O2S/c1-9(2)15(23)22-17(25)20-12-3-4-14-13(6-12)21-16(24-14)10-5-11(18)8-19-7-10/h3-9H,1-2H3,(H2,20,22,23,25). The summed E-state index contributed by atoms with van der Waals surface area (Å²) in [5.74, 6) is 0.209. The first kappa shape index (κ1) is 17.5. The number of benzene rings is 1. The molecule has 2 aromatic heterocycles. The third-order valence-electron chi connectivity index (χ3n) is 3.36. The molecule has 0 aliphatic carbocycles. The minimum Gasteiger partial charge on any atom is -0.436 e. The summed E-state index contributed by atoms with van der Waals surface area (Å²) in [6.07, 6.45) is 3.38. The number of carbonyl (C=O) groups excluding carboxylic acids is 1. The van der Waals surface area contributed by atoms with Gasteiger partial charge >= 0.3 is 0 Å². The van der Waals surface area contributed by atoms with Gasteiger partial charge in [0, 0.05) is 28.5 Å². The average Bonchev–Trinajstić information content (AvgIpc) is 2.98. The molecular weight excluding hydrogens is 404 g/mol. The number of carbonyl (C=O) groups is 1. The van der Waals surface area contributed by atoms with Crippen LogP contribution >= 0.6 is 28.1 Å². The number of anilines is 1. The van der Waals surface area contributed by atoms with Crippen molar-refractivity contribution >= 4 is 56.0 Å². The Kier molecular flexibility index (Phi) is 5.10. The summed E-state index contributed by atoms with van der Waals surface area (Å²) in [7, 11) is 0. The van der Waals surface area contributed by atoms with Gasteiger partial charge in [-0.05, 0) is 52.4 Å². The molecule has 2 N–H and O–H groups in total. The molecule has 6 nitrogen and oxygen atoms in total. The summed E-state index contributed by atoms with van der Waals surface area (Å²) in [5.41, 5.74) is 2.82. The first-order valence-corrected chi connectivity index (χ1v) is 8.76. The number of oxazole rings is 1. The fourth-order valence-corrected chi connectivity index (χ4v) is 2.66. The molecule has 0 fully saturated rings. The molecule has 1 aromatic carbocycles. The van der Waals surface area contributed by atoms with E-state index in [-0.39, 0.29) is 16.9 Å². The largest absolute Gasteiger partial charge is 0.436 e. The van der Waals surface area contributed by atoms with E-state index in [1.165, 1.54) is 0 Å². The molecule has 128 valence electrons. The molecule has 0 saturated carbocycles. The van der Waals surface area contributed by atoms with E-state index in [0.29, 0.717) is 22.7 Å². The molecule has 0 bridgehead atoms. The van der Waals surface area contributed by atoms with Crippen LogP contribution in [0.4, 0.5) is 5.69 Å². The Morgan fingerprint density at radius 1 is 1.28 bits per heavy atom. The second-order valence-electron chi connectivity index (χ2n) is 5.69. The van der Waals surface area contributed by atoms with E-state index in [4.69, 9.17) is 16.6 Å². The van der Waals surface area contributed by atoms with E-state index < -0.39 is 0 Å². The summed E-state index contributed by atoms with van der Waals surface area (Å²) in [6.45, 7) is 3.61. The van der Waals surface area contributed by atoms with Crippen LogP contribution in [0.25, 0.3) is 22.6 Å². The van der Waals surface area contributed by atoms with Crippen molar-refractivity contribution in [2.45, 2.75) is 13.8 Å². The number of hydrogen-bond acceptors (Lipinski definition) is 5. The van der Waals surface area contributed by atoms with Crippen molar-refractivity contribution in [1.29, 1.82) is 0 Å². The maximum atomic E-state index is 11.7. The van der Waals surface area contributed by atoms with Gasteiger partial charge in [-0.2, -0.15) is 0 Å². The van der Waals surface area contributed by atoms with E-state index in [1.807, 2.05) is 18.2 Å². The Labute approximate surface area is 158 Å². The maximum absolute atomic E-state index is 11.7. The first-order valence-electron chi connectivity index (χ1n) is 7.56. The van der Waals surface area contributed by atoms with Gasteiger partial charge in [0.25, 0.3) is 0 Å². The van der Waals surface area contributed by atoms with Crippen molar-refractivity contribution in [3.8, 4) is 11.5 Å². The van der Waals surface area contributed by atoms with Gasteiger partial charge in [0.2, 0.25) is 11.8 Å². The number of halogens is 1. The van der Waals surface area contributed by atoms with Gasteiger partial charge in [-0.15, -0.1) is 0 Å². The van der Waals surface area contributed by atoms with E-state index in [0.717, 1.165) is 10.0 Å². The number of aromatic nitrogens is 2. The predicted octanol–water partition coefficient (Wildman–Crippen LogP) is 4.12. The van der Waals surface area contributed by atoms with Gasteiger partial charge in [-0.1, -0.05) is 13.8 Å². The number of nitrogens with one attached hydrogen (secondary N) is 2. The van der Waals surface area contributed by atoms with Crippen molar-refractivity contribution in [3.05, 3.63) is 41.1 Å². The van der Waals surface area contributed by atoms with Gasteiger partial charge in [0.15, 0.2) is 10.7 Å². The molecule has 0 spiro atoms. The van der Waals surface area contributed by atoms with E-state index >= 15 is 0 Å². The molecule has 3 rings (SSSR count). The molecular formula is C17H15BrN4O2S. The minimum atomic E-state index is -0.140. The molecule has 3 aromatic rings. The Morgan fingerprint density at radius 2 is 2.08 bits per heavy atom. The lowest BCUT2D eigenvalue weighted by Crippen LogP contribution is -2.36. The summed E-state index contributed by atoms with van der Waals surface area (Å²) in [4.78, 5) is 20.3. The second-order valence-corrected chi connectivity index (χ2v) is 7.02. The lowest BCUT2D eigenvalue weighted by atomic mass is 10.2. The van der Waals surface area contributed by atoms with E-state index in [1.54, 1.807) is 32.3 Å². The minimum absolute atomic E-state index is 0.135. The zero-order valence-electron chi connectivity index (χ0n) is 13.5.